The Hall–Kier alpha value is -1.55. The molecule has 2 N–H and O–H groups in total. The van der Waals surface area contributed by atoms with Crippen molar-refractivity contribution in [2.24, 2.45) is 0 Å². The number of rotatable bonds is 7. The Balaban J connectivity index is 1.75. The van der Waals surface area contributed by atoms with Crippen LogP contribution in [-0.2, 0) is 4.79 Å². The third kappa shape index (κ3) is 6.06. The quantitative estimate of drug-likeness (QED) is 0.755. The first-order chi connectivity index (χ1) is 10.8. The summed E-state index contributed by atoms with van der Waals surface area (Å²) in [5.41, 5.74) is 1.99. The lowest BCUT2D eigenvalue weighted by Crippen LogP contribution is -2.33. The second-order valence-corrected chi connectivity index (χ2v) is 6.10. The van der Waals surface area contributed by atoms with E-state index in [4.69, 9.17) is 0 Å². The Labute approximate surface area is 134 Å². The lowest BCUT2D eigenvalue weighted by molar-refractivity contribution is -0.117. The largest absolute Gasteiger partial charge is 0.385 e. The van der Waals surface area contributed by atoms with Gasteiger partial charge in [0.2, 0.25) is 5.91 Å². The molecule has 1 heterocycles. The first-order valence-corrected chi connectivity index (χ1v) is 8.64. The number of carbonyl (C=O) groups excluding carboxylic acids is 1. The molecule has 0 bridgehead atoms. The minimum absolute atomic E-state index is 0.0913. The van der Waals surface area contributed by atoms with Crippen LogP contribution in [0.2, 0.25) is 0 Å². The van der Waals surface area contributed by atoms with Gasteiger partial charge in [0.1, 0.15) is 0 Å². The number of amides is 1. The maximum atomic E-state index is 12.1. The summed E-state index contributed by atoms with van der Waals surface area (Å²) in [6, 6.07) is 7.98. The summed E-state index contributed by atoms with van der Waals surface area (Å²) in [7, 11) is 0. The summed E-state index contributed by atoms with van der Waals surface area (Å²) in [6.07, 6.45) is 7.39. The van der Waals surface area contributed by atoms with Gasteiger partial charge in [0.25, 0.3) is 0 Å². The van der Waals surface area contributed by atoms with Crippen molar-refractivity contribution in [3.05, 3.63) is 24.3 Å². The fourth-order valence-electron chi connectivity index (χ4n) is 2.78. The fraction of sp³-hybridized carbons (Fsp3) is 0.611. The van der Waals surface area contributed by atoms with E-state index >= 15 is 0 Å². The van der Waals surface area contributed by atoms with Crippen molar-refractivity contribution in [1.82, 2.24) is 4.90 Å². The van der Waals surface area contributed by atoms with Crippen LogP contribution in [0.5, 0.6) is 0 Å². The molecular formula is C18H29N3O. The number of benzene rings is 1. The van der Waals surface area contributed by atoms with Crippen LogP contribution in [-0.4, -0.2) is 37.0 Å². The molecule has 0 saturated carbocycles. The molecule has 1 aliphatic rings. The number of unbranched alkanes of at least 4 members (excludes halogenated alkanes) is 1. The molecule has 4 nitrogen and oxygen atoms in total. The molecule has 0 unspecified atom stereocenters. The van der Waals surface area contributed by atoms with Crippen LogP contribution in [0.15, 0.2) is 24.3 Å². The van der Waals surface area contributed by atoms with E-state index in [0.717, 1.165) is 31.0 Å². The van der Waals surface area contributed by atoms with Crippen molar-refractivity contribution >= 4 is 17.3 Å². The number of hydrogen-bond donors (Lipinski definition) is 2. The van der Waals surface area contributed by atoms with Gasteiger partial charge in [0.15, 0.2) is 0 Å². The first kappa shape index (κ1) is 16.8. The number of anilines is 2. The third-order valence-corrected chi connectivity index (χ3v) is 4.09. The minimum Gasteiger partial charge on any atom is -0.385 e. The smallest absolute Gasteiger partial charge is 0.238 e. The topological polar surface area (TPSA) is 44.4 Å². The van der Waals surface area contributed by atoms with Gasteiger partial charge in [-0.3, -0.25) is 9.69 Å². The van der Waals surface area contributed by atoms with Crippen molar-refractivity contribution in [1.29, 1.82) is 0 Å². The van der Waals surface area contributed by atoms with Gasteiger partial charge >= 0.3 is 0 Å². The Morgan fingerprint density at radius 2 is 1.68 bits per heavy atom. The number of carbonyl (C=O) groups is 1. The summed E-state index contributed by atoms with van der Waals surface area (Å²) in [6.45, 7) is 5.79. The normalized spacial score (nSPS) is 16.0. The molecule has 0 atom stereocenters. The van der Waals surface area contributed by atoms with Gasteiger partial charge in [-0.15, -0.1) is 0 Å². The average molecular weight is 303 g/mol. The minimum atomic E-state index is 0.0913. The Morgan fingerprint density at radius 1 is 1.05 bits per heavy atom. The molecule has 0 radical (unpaired) electrons. The summed E-state index contributed by atoms with van der Waals surface area (Å²) in [4.78, 5) is 14.4. The molecule has 122 valence electrons. The zero-order chi connectivity index (χ0) is 15.6. The number of likely N-dealkylation sites (tertiary alicyclic amines) is 1. The molecule has 1 saturated heterocycles. The zero-order valence-corrected chi connectivity index (χ0v) is 13.7. The maximum absolute atomic E-state index is 12.1. The summed E-state index contributed by atoms with van der Waals surface area (Å²) < 4.78 is 0. The molecule has 2 rings (SSSR count). The van der Waals surface area contributed by atoms with Gasteiger partial charge in [-0.1, -0.05) is 26.2 Å². The van der Waals surface area contributed by atoms with Crippen LogP contribution < -0.4 is 10.6 Å². The van der Waals surface area contributed by atoms with Crippen molar-refractivity contribution in [3.8, 4) is 0 Å². The molecule has 1 aliphatic heterocycles. The first-order valence-electron chi connectivity index (χ1n) is 8.64. The molecule has 0 aliphatic carbocycles. The number of hydrogen-bond acceptors (Lipinski definition) is 3. The highest BCUT2D eigenvalue weighted by molar-refractivity contribution is 5.92. The summed E-state index contributed by atoms with van der Waals surface area (Å²) in [5.74, 6) is 0.0913. The van der Waals surface area contributed by atoms with Gasteiger partial charge in [-0.05, 0) is 56.6 Å². The predicted molar refractivity (Wildman–Crippen MR) is 93.4 cm³/mol. The molecule has 1 amide bonds. The molecule has 22 heavy (non-hydrogen) atoms. The van der Waals surface area contributed by atoms with E-state index in [1.54, 1.807) is 0 Å². The van der Waals surface area contributed by atoms with Gasteiger partial charge < -0.3 is 10.6 Å². The second kappa shape index (κ2) is 9.46. The Bertz CT molecular complexity index is 436. The summed E-state index contributed by atoms with van der Waals surface area (Å²) >= 11 is 0. The van der Waals surface area contributed by atoms with Crippen LogP contribution in [0, 0.1) is 0 Å². The van der Waals surface area contributed by atoms with E-state index in [0.29, 0.717) is 6.54 Å². The molecule has 0 aromatic heterocycles. The van der Waals surface area contributed by atoms with E-state index in [1.165, 1.54) is 38.5 Å². The SMILES string of the molecule is CCCCNc1ccc(NC(=O)CN2CCCCCC2)cc1. The van der Waals surface area contributed by atoms with E-state index in [-0.39, 0.29) is 5.91 Å². The van der Waals surface area contributed by atoms with Crippen LogP contribution in [0.4, 0.5) is 11.4 Å². The molecule has 0 spiro atoms. The van der Waals surface area contributed by atoms with Gasteiger partial charge in [-0.2, -0.15) is 0 Å². The van der Waals surface area contributed by atoms with Crippen molar-refractivity contribution in [3.63, 3.8) is 0 Å². The van der Waals surface area contributed by atoms with Crippen molar-refractivity contribution in [2.75, 3.05) is 36.8 Å². The Morgan fingerprint density at radius 3 is 2.32 bits per heavy atom. The maximum Gasteiger partial charge on any atom is 0.238 e. The number of nitrogens with zero attached hydrogens (tertiary/aromatic N) is 1. The molecule has 1 aromatic rings. The predicted octanol–water partition coefficient (Wildman–Crippen LogP) is 3.71. The van der Waals surface area contributed by atoms with Crippen LogP contribution in [0.25, 0.3) is 0 Å². The average Bonchev–Trinajstić information content (AvgIpc) is 2.78. The van der Waals surface area contributed by atoms with Gasteiger partial charge in [0.05, 0.1) is 6.54 Å². The highest BCUT2D eigenvalue weighted by Gasteiger charge is 2.12. The molecule has 1 aromatic carbocycles. The lowest BCUT2D eigenvalue weighted by Gasteiger charge is -2.19. The van der Waals surface area contributed by atoms with Crippen LogP contribution >= 0.6 is 0 Å². The number of nitrogens with one attached hydrogen (secondary N) is 2. The fourth-order valence-corrected chi connectivity index (χ4v) is 2.78. The van der Waals surface area contributed by atoms with E-state index < -0.39 is 0 Å². The van der Waals surface area contributed by atoms with Gasteiger partial charge in [0, 0.05) is 17.9 Å². The highest BCUT2D eigenvalue weighted by Crippen LogP contribution is 2.14. The standard InChI is InChI=1S/C18H29N3O/c1-2-3-12-19-16-8-10-17(11-9-16)20-18(22)15-21-13-6-4-5-7-14-21/h8-11,19H,2-7,12-15H2,1H3,(H,20,22). The highest BCUT2D eigenvalue weighted by atomic mass is 16.2. The monoisotopic (exact) mass is 303 g/mol. The van der Waals surface area contributed by atoms with Crippen molar-refractivity contribution < 1.29 is 4.79 Å². The summed E-state index contributed by atoms with van der Waals surface area (Å²) in [5, 5.41) is 6.37. The van der Waals surface area contributed by atoms with Crippen LogP contribution in [0.1, 0.15) is 45.4 Å². The lowest BCUT2D eigenvalue weighted by atomic mass is 10.2. The van der Waals surface area contributed by atoms with Crippen LogP contribution in [0.3, 0.4) is 0 Å². The van der Waals surface area contributed by atoms with Crippen molar-refractivity contribution in [2.45, 2.75) is 45.4 Å². The van der Waals surface area contributed by atoms with E-state index in [2.05, 4.69) is 22.5 Å². The Kier molecular flexibility index (Phi) is 7.23. The van der Waals surface area contributed by atoms with Gasteiger partial charge in [-0.25, -0.2) is 0 Å². The zero-order valence-electron chi connectivity index (χ0n) is 13.7. The second-order valence-electron chi connectivity index (χ2n) is 6.10. The molecular weight excluding hydrogens is 274 g/mol. The van der Waals surface area contributed by atoms with E-state index in [1.807, 2.05) is 24.3 Å². The molecule has 4 heteroatoms. The molecule has 1 fully saturated rings. The van der Waals surface area contributed by atoms with E-state index in [9.17, 15) is 4.79 Å². The third-order valence-electron chi connectivity index (χ3n) is 4.09.